The number of aliphatic carboxylic acids is 1. The van der Waals surface area contributed by atoms with E-state index in [9.17, 15) is 9.90 Å². The SMILES string of the molecule is CCCC(S)(CO)C(CO)(CO)C(=O)O. The van der Waals surface area contributed by atoms with Gasteiger partial charge < -0.3 is 20.4 Å². The number of hydrogen-bond acceptors (Lipinski definition) is 5. The Morgan fingerprint density at radius 1 is 1.20 bits per heavy atom. The molecule has 0 rings (SSSR count). The van der Waals surface area contributed by atoms with E-state index in [-0.39, 0.29) is 0 Å². The van der Waals surface area contributed by atoms with Gasteiger partial charge in [-0.05, 0) is 6.42 Å². The monoisotopic (exact) mass is 238 g/mol. The summed E-state index contributed by atoms with van der Waals surface area (Å²) in [7, 11) is 0. The van der Waals surface area contributed by atoms with Crippen LogP contribution in [0.1, 0.15) is 19.8 Å². The first-order valence-electron chi connectivity index (χ1n) is 4.72. The van der Waals surface area contributed by atoms with E-state index in [1.807, 2.05) is 6.92 Å². The summed E-state index contributed by atoms with van der Waals surface area (Å²) >= 11 is 4.13. The Kier molecular flexibility index (Phi) is 5.58. The average Bonchev–Trinajstić information content (AvgIpc) is 2.20. The van der Waals surface area contributed by atoms with Gasteiger partial charge in [-0.2, -0.15) is 12.6 Å². The molecule has 15 heavy (non-hydrogen) atoms. The molecule has 0 fully saturated rings. The Bertz CT molecular complexity index is 217. The molecule has 6 heteroatoms. The van der Waals surface area contributed by atoms with E-state index in [0.717, 1.165) is 0 Å². The molecule has 0 aliphatic rings. The van der Waals surface area contributed by atoms with Crippen LogP contribution >= 0.6 is 12.6 Å². The van der Waals surface area contributed by atoms with Gasteiger partial charge in [0, 0.05) is 0 Å². The molecule has 0 saturated heterocycles. The van der Waals surface area contributed by atoms with Crippen LogP contribution in [0.5, 0.6) is 0 Å². The van der Waals surface area contributed by atoms with Gasteiger partial charge in [0.1, 0.15) is 5.41 Å². The fourth-order valence-electron chi connectivity index (χ4n) is 1.56. The average molecular weight is 238 g/mol. The predicted octanol–water partition coefficient (Wildman–Crippen LogP) is -0.497. The van der Waals surface area contributed by atoms with Crippen molar-refractivity contribution in [2.75, 3.05) is 19.8 Å². The Hall–Kier alpha value is -0.300. The highest BCUT2D eigenvalue weighted by atomic mass is 32.1. The van der Waals surface area contributed by atoms with Crippen molar-refractivity contribution < 1.29 is 25.2 Å². The summed E-state index contributed by atoms with van der Waals surface area (Å²) in [4.78, 5) is 11.1. The van der Waals surface area contributed by atoms with Gasteiger partial charge in [-0.3, -0.25) is 4.79 Å². The summed E-state index contributed by atoms with van der Waals surface area (Å²) in [5.41, 5.74) is -1.82. The summed E-state index contributed by atoms with van der Waals surface area (Å²) in [5, 5.41) is 36.5. The van der Waals surface area contributed by atoms with Crippen molar-refractivity contribution in [2.45, 2.75) is 24.5 Å². The van der Waals surface area contributed by atoms with E-state index in [1.165, 1.54) is 0 Å². The van der Waals surface area contributed by atoms with Crippen LogP contribution in [0.2, 0.25) is 0 Å². The van der Waals surface area contributed by atoms with Crippen LogP contribution < -0.4 is 0 Å². The van der Waals surface area contributed by atoms with Crippen molar-refractivity contribution in [3.05, 3.63) is 0 Å². The number of rotatable bonds is 7. The van der Waals surface area contributed by atoms with E-state index in [1.54, 1.807) is 0 Å². The van der Waals surface area contributed by atoms with Gasteiger partial charge >= 0.3 is 5.97 Å². The fourth-order valence-corrected chi connectivity index (χ4v) is 2.02. The molecule has 0 saturated carbocycles. The second-order valence-electron chi connectivity index (χ2n) is 3.64. The molecular formula is C9H18O5S. The first kappa shape index (κ1) is 14.7. The standard InChI is InChI=1S/C9H18O5S/c1-2-3-9(15,6-12)8(4-10,5-11)7(13)14/h10-12,15H,2-6H2,1H3,(H,13,14). The van der Waals surface area contributed by atoms with Crippen molar-refractivity contribution in [1.29, 1.82) is 0 Å². The van der Waals surface area contributed by atoms with Gasteiger partial charge in [0.05, 0.1) is 24.6 Å². The molecule has 1 unspecified atom stereocenters. The van der Waals surface area contributed by atoms with E-state index in [0.29, 0.717) is 12.8 Å². The smallest absolute Gasteiger partial charge is 0.315 e. The van der Waals surface area contributed by atoms with E-state index < -0.39 is 36.0 Å². The molecule has 0 aromatic rings. The van der Waals surface area contributed by atoms with E-state index >= 15 is 0 Å². The summed E-state index contributed by atoms with van der Waals surface area (Å²) in [6.07, 6.45) is 0.888. The molecule has 5 nitrogen and oxygen atoms in total. The van der Waals surface area contributed by atoms with Gasteiger partial charge in [-0.15, -0.1) is 0 Å². The Balaban J connectivity index is 5.26. The van der Waals surface area contributed by atoms with Gasteiger partial charge in [-0.25, -0.2) is 0 Å². The molecule has 0 bridgehead atoms. The minimum absolute atomic E-state index is 0.292. The van der Waals surface area contributed by atoms with Crippen molar-refractivity contribution in [3.8, 4) is 0 Å². The van der Waals surface area contributed by atoms with Crippen molar-refractivity contribution in [3.63, 3.8) is 0 Å². The number of carboxylic acids is 1. The summed E-state index contributed by atoms with van der Waals surface area (Å²) in [5.74, 6) is -1.36. The maximum Gasteiger partial charge on any atom is 0.315 e. The number of aliphatic hydroxyl groups is 3. The highest BCUT2D eigenvalue weighted by molar-refractivity contribution is 7.82. The Labute approximate surface area is 94.2 Å². The number of aliphatic hydroxyl groups excluding tert-OH is 3. The summed E-state index contributed by atoms with van der Waals surface area (Å²) in [6, 6.07) is 0. The molecule has 1 atom stereocenters. The zero-order valence-corrected chi connectivity index (χ0v) is 9.57. The number of carboxylic acid groups (broad SMARTS) is 1. The minimum atomic E-state index is -1.82. The van der Waals surface area contributed by atoms with Gasteiger partial charge in [-0.1, -0.05) is 13.3 Å². The summed E-state index contributed by atoms with van der Waals surface area (Å²) < 4.78 is -1.32. The van der Waals surface area contributed by atoms with Crippen LogP contribution in [0.3, 0.4) is 0 Å². The lowest BCUT2D eigenvalue weighted by Gasteiger charge is -2.41. The molecule has 0 radical (unpaired) electrons. The maximum absolute atomic E-state index is 11.1. The highest BCUT2D eigenvalue weighted by Crippen LogP contribution is 2.40. The van der Waals surface area contributed by atoms with Crippen molar-refractivity contribution in [1.82, 2.24) is 0 Å². The summed E-state index contributed by atoms with van der Waals surface area (Å²) in [6.45, 7) is -0.231. The van der Waals surface area contributed by atoms with Gasteiger partial charge in [0.2, 0.25) is 0 Å². The molecule has 90 valence electrons. The molecule has 4 N–H and O–H groups in total. The minimum Gasteiger partial charge on any atom is -0.481 e. The van der Waals surface area contributed by atoms with Crippen LogP contribution in [-0.2, 0) is 4.79 Å². The predicted molar refractivity (Wildman–Crippen MR) is 58.0 cm³/mol. The zero-order chi connectivity index (χ0) is 12.1. The highest BCUT2D eigenvalue weighted by Gasteiger charge is 2.53. The molecular weight excluding hydrogens is 220 g/mol. The second-order valence-corrected chi connectivity index (χ2v) is 4.50. The third-order valence-corrected chi connectivity index (χ3v) is 3.56. The zero-order valence-electron chi connectivity index (χ0n) is 8.68. The molecule has 0 spiro atoms. The molecule has 0 aliphatic heterocycles. The topological polar surface area (TPSA) is 98.0 Å². The first-order valence-corrected chi connectivity index (χ1v) is 5.17. The quantitative estimate of drug-likeness (QED) is 0.385. The fraction of sp³-hybridized carbons (Fsp3) is 0.889. The van der Waals surface area contributed by atoms with Crippen LogP contribution in [0, 0.1) is 5.41 Å². The lowest BCUT2D eigenvalue weighted by molar-refractivity contribution is -0.159. The number of carbonyl (C=O) groups is 1. The van der Waals surface area contributed by atoms with Crippen LogP contribution in [-0.4, -0.2) is 51.0 Å². The van der Waals surface area contributed by atoms with Crippen LogP contribution in [0.15, 0.2) is 0 Å². The molecule has 0 heterocycles. The van der Waals surface area contributed by atoms with Crippen LogP contribution in [0.4, 0.5) is 0 Å². The number of thiol groups is 1. The molecule has 0 aromatic heterocycles. The maximum atomic E-state index is 11.1. The lowest BCUT2D eigenvalue weighted by atomic mass is 9.73. The molecule has 0 aromatic carbocycles. The largest absolute Gasteiger partial charge is 0.481 e. The lowest BCUT2D eigenvalue weighted by Crippen LogP contribution is -2.56. The normalized spacial score (nSPS) is 16.1. The molecule has 0 amide bonds. The van der Waals surface area contributed by atoms with Gasteiger partial charge in [0.15, 0.2) is 0 Å². The van der Waals surface area contributed by atoms with E-state index in [4.69, 9.17) is 15.3 Å². The number of hydrogen-bond donors (Lipinski definition) is 5. The molecule has 0 aliphatic carbocycles. The Morgan fingerprint density at radius 2 is 1.67 bits per heavy atom. The van der Waals surface area contributed by atoms with Crippen molar-refractivity contribution >= 4 is 18.6 Å². The first-order chi connectivity index (χ1) is 6.94. The van der Waals surface area contributed by atoms with Gasteiger partial charge in [0.25, 0.3) is 0 Å². The van der Waals surface area contributed by atoms with E-state index in [2.05, 4.69) is 12.6 Å². The van der Waals surface area contributed by atoms with Crippen molar-refractivity contribution in [2.24, 2.45) is 5.41 Å². The Morgan fingerprint density at radius 3 is 1.87 bits per heavy atom. The third kappa shape index (κ3) is 2.44. The van der Waals surface area contributed by atoms with Crippen LogP contribution in [0.25, 0.3) is 0 Å². The second kappa shape index (κ2) is 5.69. The third-order valence-electron chi connectivity index (χ3n) is 2.77.